The zero-order chi connectivity index (χ0) is 20.2. The smallest absolute Gasteiger partial charge is 0.127 e. The van der Waals surface area contributed by atoms with Gasteiger partial charge in [-0.3, -0.25) is 0 Å². The molecular formula is C23H44O. The third kappa shape index (κ3) is 32.3. The summed E-state index contributed by atoms with van der Waals surface area (Å²) in [6.45, 7) is 25.2. The molecular weight excluding hydrogens is 292 g/mol. The van der Waals surface area contributed by atoms with Crippen LogP contribution in [0.1, 0.15) is 76.2 Å². The summed E-state index contributed by atoms with van der Waals surface area (Å²) >= 11 is 0. The Labute approximate surface area is 154 Å². The molecule has 0 aliphatic rings. The fourth-order valence-corrected chi connectivity index (χ4v) is 0.978. The first-order valence-electron chi connectivity index (χ1n) is 9.37. The molecule has 0 bridgehead atoms. The molecule has 0 fully saturated rings. The van der Waals surface area contributed by atoms with Crippen LogP contribution in [0.5, 0.6) is 5.75 Å². The van der Waals surface area contributed by atoms with Crippen molar-refractivity contribution in [3.63, 3.8) is 0 Å². The highest BCUT2D eigenvalue weighted by molar-refractivity contribution is 5.25. The van der Waals surface area contributed by atoms with Gasteiger partial charge in [-0.1, -0.05) is 85.7 Å². The van der Waals surface area contributed by atoms with Crippen LogP contribution >= 0.6 is 0 Å². The van der Waals surface area contributed by atoms with Gasteiger partial charge < -0.3 is 4.74 Å². The molecule has 0 N–H and O–H groups in total. The predicted octanol–water partition coefficient (Wildman–Crippen LogP) is 8.84. The van der Waals surface area contributed by atoms with Gasteiger partial charge in [0.15, 0.2) is 0 Å². The van der Waals surface area contributed by atoms with Crippen molar-refractivity contribution in [1.82, 2.24) is 0 Å². The van der Waals surface area contributed by atoms with E-state index in [2.05, 4.69) is 6.58 Å². The average molecular weight is 337 g/mol. The van der Waals surface area contributed by atoms with E-state index in [1.165, 1.54) is 0 Å². The molecule has 0 aliphatic carbocycles. The first-order valence-corrected chi connectivity index (χ1v) is 9.37. The average Bonchev–Trinajstić information content (AvgIpc) is 2.69. The van der Waals surface area contributed by atoms with Crippen LogP contribution in [0.25, 0.3) is 0 Å². The maximum Gasteiger partial charge on any atom is 0.127 e. The standard InChI is InChI=1S/C12H14O.C3H6.4C2H6/c1-3-8-11(4-2)13-12-9-6-5-7-10-12;1-3-2;4*1-2/h3-10H,1-2H3;3H,1H2,2H3;4*1-2H3/b8-3-,11-4+;;;;;. The minimum Gasteiger partial charge on any atom is -0.458 e. The molecule has 0 saturated carbocycles. The van der Waals surface area contributed by atoms with Crippen molar-refractivity contribution in [2.75, 3.05) is 0 Å². The SMILES string of the molecule is C/C=C\C(=C/C)Oc1ccccc1.C=CC.CC.CC.CC.CC. The normalized spacial score (nSPS) is 8.04. The molecule has 1 aromatic carbocycles. The Bertz CT molecular complexity index is 334. The number of para-hydroxylation sites is 1. The highest BCUT2D eigenvalue weighted by Gasteiger charge is 1.93. The number of hydrogen-bond donors (Lipinski definition) is 0. The Balaban J connectivity index is -0.0000000924. The second-order valence-electron chi connectivity index (χ2n) is 3.01. The zero-order valence-corrected chi connectivity index (χ0v) is 18.3. The first-order chi connectivity index (χ1) is 11.8. The molecule has 0 spiro atoms. The highest BCUT2D eigenvalue weighted by atomic mass is 16.5. The second-order valence-corrected chi connectivity index (χ2v) is 3.01. The fraction of sp³-hybridized carbons (Fsp3) is 0.478. The minimum absolute atomic E-state index is 0.869. The van der Waals surface area contributed by atoms with E-state index in [0.29, 0.717) is 0 Å². The summed E-state index contributed by atoms with van der Waals surface area (Å²) in [6, 6.07) is 9.76. The quantitative estimate of drug-likeness (QED) is 0.304. The maximum atomic E-state index is 5.58. The van der Waals surface area contributed by atoms with E-state index in [0.717, 1.165) is 11.5 Å². The number of ether oxygens (including phenoxy) is 1. The molecule has 0 saturated heterocycles. The Morgan fingerprint density at radius 3 is 1.46 bits per heavy atom. The van der Waals surface area contributed by atoms with Crippen molar-refractivity contribution < 1.29 is 4.74 Å². The van der Waals surface area contributed by atoms with Gasteiger partial charge in [0.1, 0.15) is 11.5 Å². The number of hydrogen-bond acceptors (Lipinski definition) is 1. The summed E-state index contributed by atoms with van der Waals surface area (Å²) in [4.78, 5) is 0. The first kappa shape index (κ1) is 33.8. The van der Waals surface area contributed by atoms with E-state index < -0.39 is 0 Å². The van der Waals surface area contributed by atoms with Crippen molar-refractivity contribution in [1.29, 1.82) is 0 Å². The Morgan fingerprint density at radius 2 is 1.17 bits per heavy atom. The van der Waals surface area contributed by atoms with Gasteiger partial charge in [0.05, 0.1) is 0 Å². The van der Waals surface area contributed by atoms with Gasteiger partial charge in [0.25, 0.3) is 0 Å². The van der Waals surface area contributed by atoms with Crippen LogP contribution in [0.4, 0.5) is 0 Å². The molecule has 1 rings (SSSR count). The van der Waals surface area contributed by atoms with Crippen molar-refractivity contribution in [2.45, 2.75) is 76.2 Å². The van der Waals surface area contributed by atoms with Crippen LogP contribution < -0.4 is 4.74 Å². The van der Waals surface area contributed by atoms with Gasteiger partial charge in [-0.2, -0.15) is 0 Å². The Hall–Kier alpha value is -1.76. The van der Waals surface area contributed by atoms with E-state index in [1.54, 1.807) is 6.08 Å². The molecule has 0 unspecified atom stereocenters. The summed E-state index contributed by atoms with van der Waals surface area (Å²) < 4.78 is 5.58. The van der Waals surface area contributed by atoms with E-state index in [9.17, 15) is 0 Å². The third-order valence-electron chi connectivity index (χ3n) is 1.59. The molecule has 0 aromatic heterocycles. The monoisotopic (exact) mass is 336 g/mol. The summed E-state index contributed by atoms with van der Waals surface area (Å²) in [6.07, 6.45) is 7.58. The molecule has 0 heterocycles. The van der Waals surface area contributed by atoms with E-state index in [4.69, 9.17) is 4.74 Å². The largest absolute Gasteiger partial charge is 0.458 e. The molecule has 142 valence electrons. The lowest BCUT2D eigenvalue weighted by Crippen LogP contribution is -1.90. The number of rotatable bonds is 3. The predicted molar refractivity (Wildman–Crippen MR) is 117 cm³/mol. The molecule has 0 atom stereocenters. The molecule has 0 radical (unpaired) electrons. The number of allylic oxidation sites excluding steroid dienone is 4. The lowest BCUT2D eigenvalue weighted by molar-refractivity contribution is 0.443. The second kappa shape index (κ2) is 42.9. The summed E-state index contributed by atoms with van der Waals surface area (Å²) in [7, 11) is 0. The minimum atomic E-state index is 0.869. The molecule has 1 heteroatoms. The van der Waals surface area contributed by atoms with Crippen LogP contribution in [0.2, 0.25) is 0 Å². The van der Waals surface area contributed by atoms with E-state index in [1.807, 2.05) is 125 Å². The van der Waals surface area contributed by atoms with Gasteiger partial charge in [0, 0.05) is 0 Å². The fourth-order valence-electron chi connectivity index (χ4n) is 0.978. The van der Waals surface area contributed by atoms with Crippen LogP contribution in [0, 0.1) is 0 Å². The molecule has 1 nitrogen and oxygen atoms in total. The zero-order valence-electron chi connectivity index (χ0n) is 18.3. The van der Waals surface area contributed by atoms with Crippen LogP contribution in [0.3, 0.4) is 0 Å². The molecule has 0 aliphatic heterocycles. The summed E-state index contributed by atoms with van der Waals surface area (Å²) in [5.41, 5.74) is 0. The molecule has 24 heavy (non-hydrogen) atoms. The van der Waals surface area contributed by atoms with E-state index >= 15 is 0 Å². The van der Waals surface area contributed by atoms with Gasteiger partial charge >= 0.3 is 0 Å². The highest BCUT2D eigenvalue weighted by Crippen LogP contribution is 2.13. The van der Waals surface area contributed by atoms with Gasteiger partial charge in [-0.15, -0.1) is 6.58 Å². The lowest BCUT2D eigenvalue weighted by atomic mass is 10.3. The van der Waals surface area contributed by atoms with Crippen molar-refractivity contribution >= 4 is 0 Å². The van der Waals surface area contributed by atoms with Crippen LogP contribution in [0.15, 0.2) is 67.0 Å². The summed E-state index contributed by atoms with van der Waals surface area (Å²) in [5.74, 6) is 1.74. The third-order valence-corrected chi connectivity index (χ3v) is 1.59. The maximum absolute atomic E-state index is 5.58. The van der Waals surface area contributed by atoms with Gasteiger partial charge in [0.2, 0.25) is 0 Å². The van der Waals surface area contributed by atoms with Gasteiger partial charge in [-0.05, 0) is 45.1 Å². The Kier molecular flexibility index (Phi) is 60.4. The van der Waals surface area contributed by atoms with Crippen molar-refractivity contribution in [3.05, 3.63) is 67.0 Å². The van der Waals surface area contributed by atoms with E-state index in [-0.39, 0.29) is 0 Å². The van der Waals surface area contributed by atoms with Crippen molar-refractivity contribution in [2.24, 2.45) is 0 Å². The summed E-state index contributed by atoms with van der Waals surface area (Å²) in [5, 5.41) is 0. The van der Waals surface area contributed by atoms with Crippen LogP contribution in [-0.2, 0) is 0 Å². The van der Waals surface area contributed by atoms with Gasteiger partial charge in [-0.25, -0.2) is 0 Å². The van der Waals surface area contributed by atoms with Crippen molar-refractivity contribution in [3.8, 4) is 5.75 Å². The molecule has 1 aromatic rings. The topological polar surface area (TPSA) is 9.23 Å². The molecule has 0 amide bonds. The lowest BCUT2D eigenvalue weighted by Gasteiger charge is -2.04. The number of benzene rings is 1. The van der Waals surface area contributed by atoms with Crippen LogP contribution in [-0.4, -0.2) is 0 Å². The Morgan fingerprint density at radius 1 is 0.792 bits per heavy atom.